The minimum absolute atomic E-state index is 0.133. The maximum atomic E-state index is 12.3. The van der Waals surface area contributed by atoms with Crippen LogP contribution in [0.1, 0.15) is 25.8 Å². The van der Waals surface area contributed by atoms with Gasteiger partial charge in [0.25, 0.3) is 0 Å². The molecule has 1 fully saturated rings. The van der Waals surface area contributed by atoms with Crippen LogP contribution in [-0.2, 0) is 11.2 Å². The summed E-state index contributed by atoms with van der Waals surface area (Å²) in [6.45, 7) is 2.85. The van der Waals surface area contributed by atoms with Crippen LogP contribution in [0.2, 0.25) is 0 Å². The summed E-state index contributed by atoms with van der Waals surface area (Å²) < 4.78 is 28.4. The first kappa shape index (κ1) is 16.7. The number of alkyl halides is 2. The number of hydrogen-bond acceptors (Lipinski definition) is 3. The van der Waals surface area contributed by atoms with E-state index in [9.17, 15) is 13.6 Å². The zero-order chi connectivity index (χ0) is 16.1. The summed E-state index contributed by atoms with van der Waals surface area (Å²) in [6, 6.07) is 6.92. The predicted octanol–water partition coefficient (Wildman–Crippen LogP) is 2.43. The van der Waals surface area contributed by atoms with E-state index in [1.807, 2.05) is 11.8 Å². The Morgan fingerprint density at radius 1 is 1.36 bits per heavy atom. The number of halogens is 2. The average Bonchev–Trinajstić information content (AvgIpc) is 2.48. The number of benzene rings is 1. The summed E-state index contributed by atoms with van der Waals surface area (Å²) in [5.74, 6) is 0.267. The smallest absolute Gasteiger partial charge is 0.387 e. The molecule has 0 bridgehead atoms. The van der Waals surface area contributed by atoms with Gasteiger partial charge in [0, 0.05) is 31.6 Å². The number of nitrogens with one attached hydrogen (secondary N) is 1. The molecule has 2 unspecified atom stereocenters. The van der Waals surface area contributed by atoms with Crippen LogP contribution in [0.5, 0.6) is 5.75 Å². The number of ether oxygens (including phenoxy) is 1. The SMILES string of the molecule is CC1NCCN(C(=O)CCc2ccc(OC(F)F)cc2)C1C. The van der Waals surface area contributed by atoms with Gasteiger partial charge in [-0.2, -0.15) is 8.78 Å². The highest BCUT2D eigenvalue weighted by Crippen LogP contribution is 2.17. The van der Waals surface area contributed by atoms with Crippen LogP contribution in [-0.4, -0.2) is 42.6 Å². The van der Waals surface area contributed by atoms with E-state index in [4.69, 9.17) is 0 Å². The van der Waals surface area contributed by atoms with Gasteiger partial charge in [-0.15, -0.1) is 0 Å². The molecule has 2 rings (SSSR count). The van der Waals surface area contributed by atoms with E-state index in [0.717, 1.165) is 18.7 Å². The van der Waals surface area contributed by atoms with Crippen molar-refractivity contribution in [3.63, 3.8) is 0 Å². The molecule has 0 aromatic heterocycles. The summed E-state index contributed by atoms with van der Waals surface area (Å²) in [4.78, 5) is 14.2. The van der Waals surface area contributed by atoms with Crippen LogP contribution in [0.15, 0.2) is 24.3 Å². The van der Waals surface area contributed by atoms with Gasteiger partial charge in [-0.3, -0.25) is 4.79 Å². The molecule has 0 aliphatic carbocycles. The Balaban J connectivity index is 1.85. The van der Waals surface area contributed by atoms with E-state index < -0.39 is 6.61 Å². The van der Waals surface area contributed by atoms with E-state index in [2.05, 4.69) is 17.0 Å². The molecule has 4 nitrogen and oxygen atoms in total. The van der Waals surface area contributed by atoms with Crippen molar-refractivity contribution in [1.29, 1.82) is 0 Å². The van der Waals surface area contributed by atoms with Gasteiger partial charge < -0.3 is 15.0 Å². The Labute approximate surface area is 129 Å². The molecule has 22 heavy (non-hydrogen) atoms. The van der Waals surface area contributed by atoms with Crippen LogP contribution in [0.25, 0.3) is 0 Å². The van der Waals surface area contributed by atoms with Gasteiger partial charge in [-0.25, -0.2) is 0 Å². The molecule has 0 spiro atoms. The highest BCUT2D eigenvalue weighted by Gasteiger charge is 2.27. The summed E-state index contributed by atoms with van der Waals surface area (Å²) in [6.07, 6.45) is 1.02. The largest absolute Gasteiger partial charge is 0.435 e. The van der Waals surface area contributed by atoms with Crippen LogP contribution >= 0.6 is 0 Å². The van der Waals surface area contributed by atoms with Gasteiger partial charge in [0.05, 0.1) is 0 Å². The quantitative estimate of drug-likeness (QED) is 0.908. The van der Waals surface area contributed by atoms with Gasteiger partial charge in [0.15, 0.2) is 0 Å². The Kier molecular flexibility index (Phi) is 5.71. The van der Waals surface area contributed by atoms with Crippen molar-refractivity contribution in [3.05, 3.63) is 29.8 Å². The Hall–Kier alpha value is -1.69. The fourth-order valence-corrected chi connectivity index (χ4v) is 2.64. The van der Waals surface area contributed by atoms with Crippen molar-refractivity contribution < 1.29 is 18.3 Å². The Bertz CT molecular complexity index is 493. The summed E-state index contributed by atoms with van der Waals surface area (Å²) in [7, 11) is 0. The third-order valence-electron chi connectivity index (χ3n) is 4.13. The van der Waals surface area contributed by atoms with Crippen molar-refractivity contribution in [2.24, 2.45) is 0 Å². The lowest BCUT2D eigenvalue weighted by molar-refractivity contribution is -0.134. The molecule has 6 heteroatoms. The first-order chi connectivity index (χ1) is 10.5. The van der Waals surface area contributed by atoms with Gasteiger partial charge in [0.1, 0.15) is 5.75 Å². The third-order valence-corrected chi connectivity index (χ3v) is 4.13. The number of nitrogens with zero attached hydrogens (tertiary/aromatic N) is 1. The second-order valence-corrected chi connectivity index (χ2v) is 5.59. The number of carbonyl (C=O) groups excluding carboxylic acids is 1. The lowest BCUT2D eigenvalue weighted by atomic mass is 10.0. The standard InChI is InChI=1S/C16H22F2N2O2/c1-11-12(2)20(10-9-19-11)15(21)8-5-13-3-6-14(7-4-13)22-16(17)18/h3-4,6-7,11-12,16,19H,5,8-10H2,1-2H3. The molecule has 1 amide bonds. The maximum absolute atomic E-state index is 12.3. The van der Waals surface area contributed by atoms with Crippen LogP contribution in [0.4, 0.5) is 8.78 Å². The topological polar surface area (TPSA) is 41.6 Å². The minimum atomic E-state index is -2.82. The molecule has 122 valence electrons. The molecule has 2 atom stereocenters. The maximum Gasteiger partial charge on any atom is 0.387 e. The van der Waals surface area contributed by atoms with Crippen LogP contribution < -0.4 is 10.1 Å². The summed E-state index contributed by atoms with van der Waals surface area (Å²) >= 11 is 0. The second-order valence-electron chi connectivity index (χ2n) is 5.59. The number of rotatable bonds is 5. The summed E-state index contributed by atoms with van der Waals surface area (Å²) in [5.41, 5.74) is 0.936. The third kappa shape index (κ3) is 4.40. The van der Waals surface area contributed by atoms with E-state index in [0.29, 0.717) is 18.9 Å². The zero-order valence-electron chi connectivity index (χ0n) is 12.9. The molecule has 1 aliphatic heterocycles. The molecule has 1 saturated heterocycles. The number of carbonyl (C=O) groups is 1. The van der Waals surface area contributed by atoms with Crippen LogP contribution in [0.3, 0.4) is 0 Å². The number of piperazine rings is 1. The van der Waals surface area contributed by atoms with Gasteiger partial charge >= 0.3 is 6.61 Å². The van der Waals surface area contributed by atoms with Crippen molar-refractivity contribution in [1.82, 2.24) is 10.2 Å². The van der Waals surface area contributed by atoms with Crippen molar-refractivity contribution in [2.75, 3.05) is 13.1 Å². The molecule has 1 N–H and O–H groups in total. The van der Waals surface area contributed by atoms with Crippen molar-refractivity contribution in [2.45, 2.75) is 45.4 Å². The number of amides is 1. The zero-order valence-corrected chi connectivity index (χ0v) is 12.9. The van der Waals surface area contributed by atoms with E-state index >= 15 is 0 Å². The van der Waals surface area contributed by atoms with Gasteiger partial charge in [-0.05, 0) is 38.0 Å². The van der Waals surface area contributed by atoms with Crippen molar-refractivity contribution in [3.8, 4) is 5.75 Å². The molecule has 0 saturated carbocycles. The van der Waals surface area contributed by atoms with E-state index in [1.165, 1.54) is 12.1 Å². The first-order valence-electron chi connectivity index (χ1n) is 7.54. The van der Waals surface area contributed by atoms with Gasteiger partial charge in [0.2, 0.25) is 5.91 Å². The number of aryl methyl sites for hydroxylation is 1. The summed E-state index contributed by atoms with van der Waals surface area (Å²) in [5, 5.41) is 3.34. The average molecular weight is 312 g/mol. The predicted molar refractivity (Wildman–Crippen MR) is 80.0 cm³/mol. The monoisotopic (exact) mass is 312 g/mol. The van der Waals surface area contributed by atoms with Crippen molar-refractivity contribution >= 4 is 5.91 Å². The molecule has 1 aromatic rings. The molecule has 1 heterocycles. The first-order valence-corrected chi connectivity index (χ1v) is 7.54. The van der Waals surface area contributed by atoms with Crippen LogP contribution in [0, 0.1) is 0 Å². The van der Waals surface area contributed by atoms with E-state index in [-0.39, 0.29) is 17.7 Å². The second kappa shape index (κ2) is 7.54. The Morgan fingerprint density at radius 3 is 2.68 bits per heavy atom. The lowest BCUT2D eigenvalue weighted by Gasteiger charge is -2.38. The fourth-order valence-electron chi connectivity index (χ4n) is 2.64. The normalized spacial score (nSPS) is 22.0. The highest BCUT2D eigenvalue weighted by atomic mass is 19.3. The lowest BCUT2D eigenvalue weighted by Crippen LogP contribution is -2.57. The van der Waals surface area contributed by atoms with Gasteiger partial charge in [-0.1, -0.05) is 12.1 Å². The molecular weight excluding hydrogens is 290 g/mol. The molecular formula is C16H22F2N2O2. The molecule has 1 aromatic carbocycles. The van der Waals surface area contributed by atoms with E-state index in [1.54, 1.807) is 12.1 Å². The minimum Gasteiger partial charge on any atom is -0.435 e. The fraction of sp³-hybridized carbons (Fsp3) is 0.562. The number of hydrogen-bond donors (Lipinski definition) is 1. The Morgan fingerprint density at radius 2 is 2.05 bits per heavy atom. The molecule has 1 aliphatic rings. The molecule has 0 radical (unpaired) electrons. The highest BCUT2D eigenvalue weighted by molar-refractivity contribution is 5.77.